The lowest BCUT2D eigenvalue weighted by molar-refractivity contribution is -0.157. The molecule has 0 saturated carbocycles. The van der Waals surface area contributed by atoms with Crippen molar-refractivity contribution in [2.45, 2.75) is 94.7 Å². The molecular formula is C51H67N9O10S. The van der Waals surface area contributed by atoms with E-state index in [4.69, 9.17) is 4.74 Å². The standard InChI is InChI=1S/C51H67N9O10S/c1-8-36-48(66)59-25-13-17-37(59)49(67)58(7)39(27-32-19-21-35(22-20-32)57(5)6)50(68)60-29-34(30-71-26-14-24-56(3)4)41(62)28-38(60)45(63)55-43(33-15-10-9-11-16-33)51(69)70-31(2)42(46(64)53-36)54-47(65)44-40(61)18-12-23-52-44/h9-12,15-16,18-23,31,34,36-39,42-43,61H,8,13-14,17,24-30H2,1-7H3,(H,53,64)(H,54,65)(H,55,63)/t31-,34+,36-,37+,38+,39?,42?,43?/m1/s1. The first-order valence-corrected chi connectivity index (χ1v) is 25.3. The summed E-state index contributed by atoms with van der Waals surface area (Å²) in [5, 5.41) is 18.4. The number of ether oxygens (including phenoxy) is 1. The molecule has 382 valence electrons. The highest BCUT2D eigenvalue weighted by molar-refractivity contribution is 7.99. The number of hydrogen-bond acceptors (Lipinski definition) is 14. The molecule has 6 rings (SSSR count). The molecule has 1 aromatic heterocycles. The molecule has 6 amide bonds. The Morgan fingerprint density at radius 3 is 2.27 bits per heavy atom. The van der Waals surface area contributed by atoms with Crippen LogP contribution in [0.25, 0.3) is 0 Å². The highest BCUT2D eigenvalue weighted by atomic mass is 32.2. The van der Waals surface area contributed by atoms with Crippen molar-refractivity contribution in [1.82, 2.24) is 40.5 Å². The number of amides is 6. The van der Waals surface area contributed by atoms with Gasteiger partial charge in [0.15, 0.2) is 11.7 Å². The number of esters is 1. The molecule has 0 bridgehead atoms. The summed E-state index contributed by atoms with van der Waals surface area (Å²) >= 11 is 1.58. The number of piperidine rings is 1. The number of likely N-dealkylation sites (N-methyl/N-ethyl adjacent to an activating group) is 1. The zero-order chi connectivity index (χ0) is 51.5. The van der Waals surface area contributed by atoms with E-state index in [-0.39, 0.29) is 50.1 Å². The summed E-state index contributed by atoms with van der Waals surface area (Å²) in [6, 6.07) is 10.1. The number of ketones is 1. The number of benzene rings is 2. The van der Waals surface area contributed by atoms with Gasteiger partial charge >= 0.3 is 5.97 Å². The molecule has 71 heavy (non-hydrogen) atoms. The van der Waals surface area contributed by atoms with Crippen molar-refractivity contribution < 1.29 is 48.2 Å². The predicted octanol–water partition coefficient (Wildman–Crippen LogP) is 2.18. The number of carbonyl (C=O) groups is 8. The molecule has 19 nitrogen and oxygen atoms in total. The van der Waals surface area contributed by atoms with Crippen molar-refractivity contribution in [3.8, 4) is 5.75 Å². The Morgan fingerprint density at radius 1 is 0.887 bits per heavy atom. The van der Waals surface area contributed by atoms with Gasteiger partial charge in [0.25, 0.3) is 5.91 Å². The number of carbonyl (C=O) groups excluding carboxylic acids is 8. The number of nitrogens with zero attached hydrogens (tertiary/aromatic N) is 6. The van der Waals surface area contributed by atoms with E-state index in [1.807, 2.05) is 57.4 Å². The van der Waals surface area contributed by atoms with E-state index < -0.39 is 101 Å². The minimum Gasteiger partial charge on any atom is -0.505 e. The number of aromatic hydroxyl groups is 1. The summed E-state index contributed by atoms with van der Waals surface area (Å²) < 4.78 is 5.94. The van der Waals surface area contributed by atoms with Gasteiger partial charge in [0.2, 0.25) is 29.5 Å². The van der Waals surface area contributed by atoms with E-state index in [0.717, 1.165) is 24.4 Å². The number of pyridine rings is 1. The van der Waals surface area contributed by atoms with Gasteiger partial charge < -0.3 is 50.3 Å². The van der Waals surface area contributed by atoms with Gasteiger partial charge in [-0.1, -0.05) is 49.4 Å². The summed E-state index contributed by atoms with van der Waals surface area (Å²) in [7, 11) is 9.26. The zero-order valence-electron chi connectivity index (χ0n) is 41.5. The number of nitrogens with one attached hydrogen (secondary N) is 3. The lowest BCUT2D eigenvalue weighted by atomic mass is 9.90. The summed E-state index contributed by atoms with van der Waals surface area (Å²) in [6.45, 7) is 3.88. The van der Waals surface area contributed by atoms with Crippen LogP contribution in [-0.2, 0) is 44.7 Å². The number of Topliss-reactive ketones (excluding diaryl/α,β-unsaturated/α-hetero) is 1. The van der Waals surface area contributed by atoms with Gasteiger partial charge in [-0.3, -0.25) is 33.6 Å². The van der Waals surface area contributed by atoms with Crippen LogP contribution in [-0.4, -0.2) is 180 Å². The third kappa shape index (κ3) is 13.3. The molecule has 0 spiro atoms. The fourth-order valence-corrected chi connectivity index (χ4v) is 10.2. The number of thioether (sulfide) groups is 1. The second-order valence-corrected chi connectivity index (χ2v) is 20.0. The third-order valence-electron chi connectivity index (χ3n) is 13.3. The van der Waals surface area contributed by atoms with Gasteiger partial charge in [0.05, 0.1) is 0 Å². The van der Waals surface area contributed by atoms with Crippen molar-refractivity contribution >= 4 is 64.6 Å². The van der Waals surface area contributed by atoms with E-state index in [2.05, 4.69) is 25.8 Å². The Kier molecular flexibility index (Phi) is 18.6. The normalized spacial score (nSPS) is 25.1. The maximum Gasteiger partial charge on any atom is 0.333 e. The first-order chi connectivity index (χ1) is 33.9. The highest BCUT2D eigenvalue weighted by Crippen LogP contribution is 2.29. The van der Waals surface area contributed by atoms with Gasteiger partial charge in [-0.2, -0.15) is 11.8 Å². The summed E-state index contributed by atoms with van der Waals surface area (Å²) in [6.07, 6.45) is 1.05. The van der Waals surface area contributed by atoms with Crippen LogP contribution in [0, 0.1) is 5.92 Å². The van der Waals surface area contributed by atoms with Gasteiger partial charge in [-0.25, -0.2) is 9.78 Å². The molecular weight excluding hydrogens is 931 g/mol. The quantitative estimate of drug-likeness (QED) is 0.142. The zero-order valence-corrected chi connectivity index (χ0v) is 42.4. The molecule has 3 aliphatic rings. The Bertz CT molecular complexity index is 2410. The Hall–Kier alpha value is -6.54. The Balaban J connectivity index is 1.45. The molecule has 4 N–H and O–H groups in total. The van der Waals surface area contributed by atoms with Crippen LogP contribution >= 0.6 is 11.8 Å². The number of fused-ring (bicyclic) bond motifs is 2. The smallest absolute Gasteiger partial charge is 0.333 e. The van der Waals surface area contributed by atoms with Crippen LogP contribution in [0.2, 0.25) is 0 Å². The second-order valence-electron chi connectivity index (χ2n) is 18.8. The molecule has 3 unspecified atom stereocenters. The average molecular weight is 998 g/mol. The van der Waals surface area contributed by atoms with Crippen LogP contribution in [0.4, 0.5) is 5.69 Å². The van der Waals surface area contributed by atoms with E-state index in [0.29, 0.717) is 17.7 Å². The monoisotopic (exact) mass is 997 g/mol. The van der Waals surface area contributed by atoms with Crippen molar-refractivity contribution in [2.75, 3.05) is 71.3 Å². The Labute approximate surface area is 419 Å². The number of aromatic nitrogens is 1. The highest BCUT2D eigenvalue weighted by Gasteiger charge is 2.47. The van der Waals surface area contributed by atoms with Gasteiger partial charge in [-0.15, -0.1) is 0 Å². The van der Waals surface area contributed by atoms with Crippen molar-refractivity contribution in [1.29, 1.82) is 0 Å². The molecule has 0 radical (unpaired) electrons. The third-order valence-corrected chi connectivity index (χ3v) is 14.5. The maximum absolute atomic E-state index is 15.5. The SMILES string of the molecule is CC[C@H]1NC(=O)C(NC(=O)c2ncccc2O)[C@@H](C)OC(=O)C(c2ccccc2)NC(=O)[C@@H]2CC(=O)[C@H](CSCCCN(C)C)CN2C(=O)C(Cc2ccc(N(C)C)cc2)N(C)C(=O)[C@@H]2CCCN2C1=O. The molecule has 4 heterocycles. The number of rotatable bonds is 13. The molecule has 2 aromatic carbocycles. The van der Waals surface area contributed by atoms with E-state index >= 15 is 4.79 Å². The minimum atomic E-state index is -1.69. The number of hydrogen-bond donors (Lipinski definition) is 4. The van der Waals surface area contributed by atoms with E-state index in [9.17, 15) is 38.7 Å². The van der Waals surface area contributed by atoms with Crippen LogP contribution in [0.3, 0.4) is 0 Å². The average Bonchev–Trinajstić information content (AvgIpc) is 3.85. The molecule has 3 saturated heterocycles. The summed E-state index contributed by atoms with van der Waals surface area (Å²) in [5.41, 5.74) is 1.45. The van der Waals surface area contributed by atoms with Crippen molar-refractivity contribution in [3.05, 3.63) is 89.7 Å². The van der Waals surface area contributed by atoms with Gasteiger partial charge in [0.1, 0.15) is 47.8 Å². The van der Waals surface area contributed by atoms with Crippen LogP contribution in [0.5, 0.6) is 5.75 Å². The molecule has 3 aromatic rings. The summed E-state index contributed by atoms with van der Waals surface area (Å²) in [5.74, 6) is -5.76. The number of anilines is 1. The lowest BCUT2D eigenvalue weighted by Crippen LogP contribution is -2.63. The van der Waals surface area contributed by atoms with Crippen molar-refractivity contribution in [3.63, 3.8) is 0 Å². The fourth-order valence-electron chi connectivity index (χ4n) is 9.14. The van der Waals surface area contributed by atoms with Crippen LogP contribution in [0.1, 0.15) is 73.6 Å². The van der Waals surface area contributed by atoms with Crippen LogP contribution < -0.4 is 20.9 Å². The maximum atomic E-state index is 15.5. The predicted molar refractivity (Wildman–Crippen MR) is 267 cm³/mol. The molecule has 3 fully saturated rings. The lowest BCUT2D eigenvalue weighted by Gasteiger charge is -2.42. The molecule has 0 aliphatic carbocycles. The fraction of sp³-hybridized carbons (Fsp3) is 0.510. The van der Waals surface area contributed by atoms with Gasteiger partial charge in [-0.05, 0) is 94.4 Å². The second kappa shape index (κ2) is 24.5. The molecule has 8 atom stereocenters. The largest absolute Gasteiger partial charge is 0.505 e. The first-order valence-electron chi connectivity index (χ1n) is 24.1. The first kappa shape index (κ1) is 53.8. The van der Waals surface area contributed by atoms with Crippen molar-refractivity contribution in [2.24, 2.45) is 5.92 Å². The molecule has 3 aliphatic heterocycles. The van der Waals surface area contributed by atoms with Crippen LogP contribution in [0.15, 0.2) is 72.9 Å². The van der Waals surface area contributed by atoms with E-state index in [1.54, 1.807) is 49.0 Å². The van der Waals surface area contributed by atoms with Gasteiger partial charge in [0, 0.05) is 70.6 Å². The Morgan fingerprint density at radius 2 is 1.61 bits per heavy atom. The topological polar surface area (TPSA) is 231 Å². The molecule has 20 heteroatoms. The van der Waals surface area contributed by atoms with E-state index in [1.165, 1.54) is 47.0 Å². The minimum absolute atomic E-state index is 0.0199. The summed E-state index contributed by atoms with van der Waals surface area (Å²) in [4.78, 5) is 129. The number of cyclic esters (lactones) is 1.